The summed E-state index contributed by atoms with van der Waals surface area (Å²) >= 11 is 0. The van der Waals surface area contributed by atoms with E-state index in [1.165, 1.54) is 30.0 Å². The quantitative estimate of drug-likeness (QED) is 0.752. The summed E-state index contributed by atoms with van der Waals surface area (Å²) in [4.78, 5) is 11.3. The van der Waals surface area contributed by atoms with E-state index in [2.05, 4.69) is 11.4 Å². The summed E-state index contributed by atoms with van der Waals surface area (Å²) in [5.41, 5.74) is 10.7. The highest BCUT2D eigenvalue weighted by molar-refractivity contribution is 5.96. The molecule has 4 heteroatoms. The molecule has 0 aliphatic heterocycles. The summed E-state index contributed by atoms with van der Waals surface area (Å²) in [6, 6.07) is 11.0. The van der Waals surface area contributed by atoms with E-state index in [0.717, 1.165) is 18.5 Å². The standard InChI is InChI=1S/C17H18N2O2/c18-12-8-9-14(17(20)21)16(10-12)19-15-7-3-5-11-4-1-2-6-13(11)15/h3,5,7-10,19H,1-2,4,6,18H2,(H,20,21). The summed E-state index contributed by atoms with van der Waals surface area (Å²) in [6.45, 7) is 0. The normalized spacial score (nSPS) is 13.5. The summed E-state index contributed by atoms with van der Waals surface area (Å²) in [5, 5.41) is 12.6. The van der Waals surface area contributed by atoms with Gasteiger partial charge < -0.3 is 16.2 Å². The number of aryl methyl sites for hydroxylation is 1. The van der Waals surface area contributed by atoms with Gasteiger partial charge in [-0.1, -0.05) is 12.1 Å². The molecule has 108 valence electrons. The van der Waals surface area contributed by atoms with Gasteiger partial charge in [-0.15, -0.1) is 0 Å². The third-order valence-electron chi connectivity index (χ3n) is 3.94. The number of carboxylic acids is 1. The van der Waals surface area contributed by atoms with Gasteiger partial charge in [0.1, 0.15) is 0 Å². The van der Waals surface area contributed by atoms with Gasteiger partial charge in [0.05, 0.1) is 11.3 Å². The van der Waals surface area contributed by atoms with Gasteiger partial charge in [-0.25, -0.2) is 4.79 Å². The number of hydrogen-bond acceptors (Lipinski definition) is 3. The number of hydrogen-bond donors (Lipinski definition) is 3. The zero-order valence-electron chi connectivity index (χ0n) is 11.7. The fourth-order valence-electron chi connectivity index (χ4n) is 2.90. The lowest BCUT2D eigenvalue weighted by atomic mass is 9.90. The van der Waals surface area contributed by atoms with Crippen molar-refractivity contribution in [3.63, 3.8) is 0 Å². The molecule has 4 nitrogen and oxygen atoms in total. The Kier molecular flexibility index (Phi) is 3.52. The van der Waals surface area contributed by atoms with Gasteiger partial charge in [0.25, 0.3) is 0 Å². The number of carbonyl (C=O) groups is 1. The van der Waals surface area contributed by atoms with E-state index in [1.807, 2.05) is 12.1 Å². The Balaban J connectivity index is 2.01. The van der Waals surface area contributed by atoms with Crippen molar-refractivity contribution in [2.24, 2.45) is 0 Å². The number of benzene rings is 2. The van der Waals surface area contributed by atoms with Crippen LogP contribution in [0.3, 0.4) is 0 Å². The molecule has 1 aliphatic carbocycles. The van der Waals surface area contributed by atoms with Crippen LogP contribution in [0, 0.1) is 0 Å². The van der Waals surface area contributed by atoms with Gasteiger partial charge in [0.2, 0.25) is 0 Å². The minimum absolute atomic E-state index is 0.234. The molecule has 0 saturated heterocycles. The van der Waals surface area contributed by atoms with Crippen molar-refractivity contribution in [2.75, 3.05) is 11.1 Å². The minimum atomic E-state index is -0.956. The number of carboxylic acid groups (broad SMARTS) is 1. The molecule has 0 amide bonds. The molecule has 0 heterocycles. The smallest absolute Gasteiger partial charge is 0.337 e. The van der Waals surface area contributed by atoms with Crippen molar-refractivity contribution in [3.05, 3.63) is 53.1 Å². The number of rotatable bonds is 3. The van der Waals surface area contributed by atoms with Crippen LogP contribution in [0.4, 0.5) is 17.1 Å². The lowest BCUT2D eigenvalue weighted by molar-refractivity contribution is 0.0698. The Morgan fingerprint density at radius 1 is 1.10 bits per heavy atom. The third-order valence-corrected chi connectivity index (χ3v) is 3.94. The Labute approximate surface area is 123 Å². The molecule has 1 aliphatic rings. The number of nitrogens with one attached hydrogen (secondary N) is 1. The van der Waals surface area contributed by atoms with Gasteiger partial charge in [0.15, 0.2) is 0 Å². The van der Waals surface area contributed by atoms with Crippen molar-refractivity contribution in [1.82, 2.24) is 0 Å². The van der Waals surface area contributed by atoms with Crippen LogP contribution in [0.1, 0.15) is 34.3 Å². The first-order chi connectivity index (χ1) is 10.1. The van der Waals surface area contributed by atoms with Gasteiger partial charge in [0, 0.05) is 11.4 Å². The van der Waals surface area contributed by atoms with Crippen LogP contribution < -0.4 is 11.1 Å². The van der Waals surface area contributed by atoms with E-state index < -0.39 is 5.97 Å². The molecule has 0 radical (unpaired) electrons. The molecule has 0 bridgehead atoms. The highest BCUT2D eigenvalue weighted by Crippen LogP contribution is 2.31. The summed E-state index contributed by atoms with van der Waals surface area (Å²) in [5.74, 6) is -0.956. The first kappa shape index (κ1) is 13.5. The molecule has 0 fully saturated rings. The van der Waals surface area contributed by atoms with Crippen LogP contribution in [-0.4, -0.2) is 11.1 Å². The number of anilines is 3. The van der Waals surface area contributed by atoms with Gasteiger partial charge in [-0.05, 0) is 61.1 Å². The van der Waals surface area contributed by atoms with E-state index in [0.29, 0.717) is 11.4 Å². The lowest BCUT2D eigenvalue weighted by Crippen LogP contribution is -2.08. The number of nitrogen functional groups attached to an aromatic ring is 1. The molecule has 3 rings (SSSR count). The summed E-state index contributed by atoms with van der Waals surface area (Å²) < 4.78 is 0. The Morgan fingerprint density at radius 3 is 2.71 bits per heavy atom. The molecule has 0 aromatic heterocycles. The first-order valence-corrected chi connectivity index (χ1v) is 7.16. The van der Waals surface area contributed by atoms with Crippen LogP contribution in [0.5, 0.6) is 0 Å². The largest absolute Gasteiger partial charge is 0.478 e. The monoisotopic (exact) mass is 282 g/mol. The van der Waals surface area contributed by atoms with E-state index in [1.54, 1.807) is 12.1 Å². The maximum Gasteiger partial charge on any atom is 0.337 e. The molecule has 2 aromatic rings. The molecule has 0 spiro atoms. The third kappa shape index (κ3) is 2.70. The molecule has 0 unspecified atom stereocenters. The molecular formula is C17H18N2O2. The average molecular weight is 282 g/mol. The highest BCUT2D eigenvalue weighted by atomic mass is 16.4. The molecular weight excluding hydrogens is 264 g/mol. The molecule has 0 atom stereocenters. The summed E-state index contributed by atoms with van der Waals surface area (Å²) in [7, 11) is 0. The number of nitrogens with two attached hydrogens (primary N) is 1. The van der Waals surface area contributed by atoms with Crippen molar-refractivity contribution in [1.29, 1.82) is 0 Å². The lowest BCUT2D eigenvalue weighted by Gasteiger charge is -2.21. The van der Waals surface area contributed by atoms with Crippen LogP contribution in [0.25, 0.3) is 0 Å². The van der Waals surface area contributed by atoms with Crippen molar-refractivity contribution in [3.8, 4) is 0 Å². The minimum Gasteiger partial charge on any atom is -0.478 e. The van der Waals surface area contributed by atoms with Gasteiger partial charge >= 0.3 is 5.97 Å². The van der Waals surface area contributed by atoms with Crippen LogP contribution >= 0.6 is 0 Å². The van der Waals surface area contributed by atoms with E-state index in [4.69, 9.17) is 5.73 Å². The molecule has 4 N–H and O–H groups in total. The summed E-state index contributed by atoms with van der Waals surface area (Å²) in [6.07, 6.45) is 4.51. The number of fused-ring (bicyclic) bond motifs is 1. The van der Waals surface area contributed by atoms with Gasteiger partial charge in [-0.3, -0.25) is 0 Å². The fourth-order valence-corrected chi connectivity index (χ4v) is 2.90. The maximum atomic E-state index is 11.3. The Morgan fingerprint density at radius 2 is 1.90 bits per heavy atom. The van der Waals surface area contributed by atoms with E-state index >= 15 is 0 Å². The maximum absolute atomic E-state index is 11.3. The van der Waals surface area contributed by atoms with Crippen LogP contribution in [-0.2, 0) is 12.8 Å². The first-order valence-electron chi connectivity index (χ1n) is 7.16. The zero-order chi connectivity index (χ0) is 14.8. The molecule has 2 aromatic carbocycles. The van der Waals surface area contributed by atoms with Crippen LogP contribution in [0.2, 0.25) is 0 Å². The predicted octanol–water partition coefficient (Wildman–Crippen LogP) is 3.59. The molecule has 21 heavy (non-hydrogen) atoms. The second-order valence-electron chi connectivity index (χ2n) is 5.39. The van der Waals surface area contributed by atoms with Crippen molar-refractivity contribution in [2.45, 2.75) is 25.7 Å². The van der Waals surface area contributed by atoms with Crippen molar-refractivity contribution < 1.29 is 9.90 Å². The SMILES string of the molecule is Nc1ccc(C(=O)O)c(Nc2cccc3c2CCCC3)c1. The second kappa shape index (κ2) is 5.48. The average Bonchev–Trinajstić information content (AvgIpc) is 2.47. The van der Waals surface area contributed by atoms with E-state index in [-0.39, 0.29) is 5.56 Å². The fraction of sp³-hybridized carbons (Fsp3) is 0.235. The van der Waals surface area contributed by atoms with E-state index in [9.17, 15) is 9.90 Å². The van der Waals surface area contributed by atoms with Crippen molar-refractivity contribution >= 4 is 23.0 Å². The number of aromatic carboxylic acids is 1. The Hall–Kier alpha value is -2.49. The van der Waals surface area contributed by atoms with Crippen LogP contribution in [0.15, 0.2) is 36.4 Å². The topological polar surface area (TPSA) is 75.4 Å². The Bertz CT molecular complexity index is 695. The van der Waals surface area contributed by atoms with Gasteiger partial charge in [-0.2, -0.15) is 0 Å². The second-order valence-corrected chi connectivity index (χ2v) is 5.39. The molecule has 0 saturated carbocycles. The highest BCUT2D eigenvalue weighted by Gasteiger charge is 2.15. The predicted molar refractivity (Wildman–Crippen MR) is 84.2 cm³/mol. The zero-order valence-corrected chi connectivity index (χ0v) is 11.7.